The van der Waals surface area contributed by atoms with Crippen LogP contribution in [-0.2, 0) is 13.5 Å². The minimum Gasteiger partial charge on any atom is -0.350 e. The topological polar surface area (TPSA) is 22.0 Å². The normalized spacial score (nSPS) is 10.9. The van der Waals surface area contributed by atoms with Gasteiger partial charge in [-0.25, -0.2) is 0 Å². The first-order valence-corrected chi connectivity index (χ1v) is 5.81. The Hall–Kier alpha value is -1.57. The third-order valence-electron chi connectivity index (χ3n) is 2.97. The van der Waals surface area contributed by atoms with E-state index in [1.807, 2.05) is 42.1 Å². The zero-order chi connectivity index (χ0) is 11.5. The number of nitrogens with zero attached hydrogens (tertiary/aromatic N) is 1. The van der Waals surface area contributed by atoms with E-state index >= 15 is 0 Å². The third-order valence-corrected chi connectivity index (χ3v) is 2.97. The Morgan fingerprint density at radius 3 is 2.75 bits per heavy atom. The smallest absolute Gasteiger partial charge is 0.192 e. The molecule has 0 atom stereocenters. The van der Waals surface area contributed by atoms with E-state index in [4.69, 9.17) is 0 Å². The molecule has 1 aromatic carbocycles. The molecule has 0 aliphatic rings. The van der Waals surface area contributed by atoms with Gasteiger partial charge in [0.25, 0.3) is 0 Å². The fraction of sp³-hybridized carbons (Fsp3) is 0.357. The molecule has 2 heteroatoms. The molecule has 0 aliphatic carbocycles. The van der Waals surface area contributed by atoms with Crippen LogP contribution in [0.5, 0.6) is 0 Å². The molecule has 0 saturated carbocycles. The van der Waals surface area contributed by atoms with Gasteiger partial charge in [0.05, 0.1) is 5.52 Å². The summed E-state index contributed by atoms with van der Waals surface area (Å²) in [7, 11) is 2.00. The van der Waals surface area contributed by atoms with Gasteiger partial charge in [0.1, 0.15) is 0 Å². The van der Waals surface area contributed by atoms with E-state index in [9.17, 15) is 4.79 Å². The Bertz CT molecular complexity index is 554. The zero-order valence-electron chi connectivity index (χ0n) is 9.86. The molecule has 0 amide bonds. The summed E-state index contributed by atoms with van der Waals surface area (Å²) in [5.74, 6) is 0. The van der Waals surface area contributed by atoms with Gasteiger partial charge in [-0.1, -0.05) is 25.5 Å². The molecule has 1 heterocycles. The summed E-state index contributed by atoms with van der Waals surface area (Å²) in [6.45, 7) is 2.14. The maximum atomic E-state index is 12.2. The fourth-order valence-corrected chi connectivity index (χ4v) is 2.05. The molecule has 0 fully saturated rings. The van der Waals surface area contributed by atoms with Crippen molar-refractivity contribution in [2.45, 2.75) is 26.2 Å². The molecular formula is C14H17NO. The maximum Gasteiger partial charge on any atom is 0.192 e. The lowest BCUT2D eigenvalue weighted by atomic mass is 10.1. The Balaban J connectivity index is 2.61. The molecule has 16 heavy (non-hydrogen) atoms. The highest BCUT2D eigenvalue weighted by Gasteiger charge is 2.05. The molecule has 2 aromatic rings. The first kappa shape index (κ1) is 10.9. The van der Waals surface area contributed by atoms with Gasteiger partial charge in [-0.15, -0.1) is 0 Å². The number of benzene rings is 1. The third kappa shape index (κ3) is 1.87. The second-order valence-corrected chi connectivity index (χ2v) is 4.22. The lowest BCUT2D eigenvalue weighted by Gasteiger charge is -2.08. The molecule has 0 spiro atoms. The summed E-state index contributed by atoms with van der Waals surface area (Å²) < 4.78 is 2.04. The van der Waals surface area contributed by atoms with Crippen LogP contribution in [0.4, 0.5) is 0 Å². The van der Waals surface area contributed by atoms with Crippen molar-refractivity contribution in [2.75, 3.05) is 0 Å². The average Bonchev–Trinajstić information content (AvgIpc) is 2.32. The zero-order valence-corrected chi connectivity index (χ0v) is 9.86. The van der Waals surface area contributed by atoms with Crippen molar-refractivity contribution in [1.29, 1.82) is 0 Å². The molecule has 0 N–H and O–H groups in total. The van der Waals surface area contributed by atoms with Gasteiger partial charge >= 0.3 is 0 Å². The monoisotopic (exact) mass is 215 g/mol. The Morgan fingerprint density at radius 2 is 2.00 bits per heavy atom. The van der Waals surface area contributed by atoms with Crippen LogP contribution in [0.2, 0.25) is 0 Å². The van der Waals surface area contributed by atoms with Crippen molar-refractivity contribution in [1.82, 2.24) is 4.57 Å². The summed E-state index contributed by atoms with van der Waals surface area (Å²) in [6, 6.07) is 7.79. The number of aromatic nitrogens is 1. The number of hydrogen-bond acceptors (Lipinski definition) is 1. The van der Waals surface area contributed by atoms with Crippen LogP contribution in [0.15, 0.2) is 35.3 Å². The highest BCUT2D eigenvalue weighted by atomic mass is 16.1. The summed E-state index contributed by atoms with van der Waals surface area (Å²) in [5.41, 5.74) is 2.14. The van der Waals surface area contributed by atoms with E-state index in [1.165, 1.54) is 0 Å². The Labute approximate surface area is 95.5 Å². The molecule has 0 radical (unpaired) electrons. The lowest BCUT2D eigenvalue weighted by Crippen LogP contribution is -2.13. The quantitative estimate of drug-likeness (QED) is 0.771. The fourth-order valence-electron chi connectivity index (χ4n) is 2.05. The van der Waals surface area contributed by atoms with Crippen LogP contribution in [0, 0.1) is 0 Å². The van der Waals surface area contributed by atoms with Crippen LogP contribution in [0.3, 0.4) is 0 Å². The first-order valence-electron chi connectivity index (χ1n) is 5.81. The largest absolute Gasteiger partial charge is 0.350 e. The molecule has 0 unspecified atom stereocenters. The standard InChI is InChI=1S/C14H17NO/c1-3-4-7-11-10-15(2)13-9-6-5-8-12(13)14(11)16/h5-6,8-10H,3-4,7H2,1-2H3. The van der Waals surface area contributed by atoms with Gasteiger partial charge in [-0.05, 0) is 25.0 Å². The minimum absolute atomic E-state index is 0.196. The van der Waals surface area contributed by atoms with Crippen LogP contribution >= 0.6 is 0 Å². The lowest BCUT2D eigenvalue weighted by molar-refractivity contribution is 0.780. The van der Waals surface area contributed by atoms with E-state index in [0.717, 1.165) is 35.7 Å². The van der Waals surface area contributed by atoms with Crippen LogP contribution in [0.25, 0.3) is 10.9 Å². The van der Waals surface area contributed by atoms with Crippen molar-refractivity contribution < 1.29 is 0 Å². The van der Waals surface area contributed by atoms with Gasteiger partial charge in [-0.2, -0.15) is 0 Å². The van der Waals surface area contributed by atoms with Gasteiger partial charge < -0.3 is 4.57 Å². The second kappa shape index (κ2) is 4.52. The number of para-hydroxylation sites is 1. The summed E-state index contributed by atoms with van der Waals surface area (Å²) in [6.07, 6.45) is 5.05. The SMILES string of the molecule is CCCCc1cn(C)c2ccccc2c1=O. The van der Waals surface area contributed by atoms with Crippen LogP contribution in [-0.4, -0.2) is 4.57 Å². The van der Waals surface area contributed by atoms with Gasteiger partial charge in [0.2, 0.25) is 0 Å². The maximum absolute atomic E-state index is 12.2. The predicted octanol–water partition coefficient (Wildman–Crippen LogP) is 2.88. The Morgan fingerprint density at radius 1 is 1.25 bits per heavy atom. The summed E-state index contributed by atoms with van der Waals surface area (Å²) in [5, 5.41) is 0.832. The predicted molar refractivity (Wildman–Crippen MR) is 67.8 cm³/mol. The molecule has 0 saturated heterocycles. The number of unbranched alkanes of at least 4 members (excludes halogenated alkanes) is 1. The van der Waals surface area contributed by atoms with Crippen molar-refractivity contribution in [3.05, 3.63) is 46.2 Å². The molecule has 2 nitrogen and oxygen atoms in total. The minimum atomic E-state index is 0.196. The summed E-state index contributed by atoms with van der Waals surface area (Å²) >= 11 is 0. The van der Waals surface area contributed by atoms with Crippen LogP contribution < -0.4 is 5.43 Å². The molecule has 84 valence electrons. The first-order chi connectivity index (χ1) is 7.74. The molecule has 0 bridgehead atoms. The highest BCUT2D eigenvalue weighted by molar-refractivity contribution is 5.79. The van der Waals surface area contributed by atoms with Gasteiger partial charge in [0, 0.05) is 24.2 Å². The summed E-state index contributed by atoms with van der Waals surface area (Å²) in [4.78, 5) is 12.2. The molecular weight excluding hydrogens is 198 g/mol. The van der Waals surface area contributed by atoms with E-state index in [-0.39, 0.29) is 5.43 Å². The second-order valence-electron chi connectivity index (χ2n) is 4.22. The molecule has 0 aliphatic heterocycles. The van der Waals surface area contributed by atoms with E-state index in [2.05, 4.69) is 6.92 Å². The number of fused-ring (bicyclic) bond motifs is 1. The Kier molecular flexibility index (Phi) is 3.09. The van der Waals surface area contributed by atoms with E-state index in [1.54, 1.807) is 0 Å². The van der Waals surface area contributed by atoms with Crippen molar-refractivity contribution in [3.8, 4) is 0 Å². The van der Waals surface area contributed by atoms with E-state index < -0.39 is 0 Å². The van der Waals surface area contributed by atoms with Gasteiger partial charge in [0.15, 0.2) is 5.43 Å². The number of rotatable bonds is 3. The van der Waals surface area contributed by atoms with Crippen molar-refractivity contribution in [2.24, 2.45) is 7.05 Å². The van der Waals surface area contributed by atoms with Crippen LogP contribution in [0.1, 0.15) is 25.3 Å². The molecule has 2 rings (SSSR count). The number of aryl methyl sites for hydroxylation is 2. The van der Waals surface area contributed by atoms with Crippen molar-refractivity contribution >= 4 is 10.9 Å². The highest BCUT2D eigenvalue weighted by Crippen LogP contribution is 2.11. The number of hydrogen-bond donors (Lipinski definition) is 0. The average molecular weight is 215 g/mol. The van der Waals surface area contributed by atoms with Crippen molar-refractivity contribution in [3.63, 3.8) is 0 Å². The van der Waals surface area contributed by atoms with Gasteiger partial charge in [-0.3, -0.25) is 4.79 Å². The number of pyridine rings is 1. The van der Waals surface area contributed by atoms with E-state index in [0.29, 0.717) is 0 Å². The molecule has 1 aromatic heterocycles.